The largest absolute Gasteiger partial charge is 0.422 e. The van der Waals surface area contributed by atoms with Gasteiger partial charge in [0.05, 0.1) is 0 Å². The number of aryl methyl sites for hydroxylation is 1. The van der Waals surface area contributed by atoms with Crippen molar-refractivity contribution in [1.29, 1.82) is 0 Å². The van der Waals surface area contributed by atoms with E-state index in [1.807, 2.05) is 43.5 Å². The second-order valence-electron chi connectivity index (χ2n) is 4.88. The van der Waals surface area contributed by atoms with Crippen LogP contribution in [0.5, 0.6) is 0 Å². The third-order valence-electron chi connectivity index (χ3n) is 3.42. The summed E-state index contributed by atoms with van der Waals surface area (Å²) in [4.78, 5) is 24.3. The molecule has 2 aromatic heterocycles. The Bertz CT molecular complexity index is 880. The summed E-state index contributed by atoms with van der Waals surface area (Å²) in [7, 11) is 0. The standard InChI is InChI=1S/C17H14NO3/c1-12-6-4-5-9-18(12)11-15(19)14-10-13-7-2-3-8-16(13)21-17(14)20/h2-10H,11H2,1H3/q+1. The number of hydrogen-bond donors (Lipinski definition) is 0. The number of ketones is 1. The molecule has 0 aliphatic carbocycles. The molecule has 0 aliphatic heterocycles. The number of aromatic nitrogens is 1. The molecular formula is C17H14NO3+. The van der Waals surface area contributed by atoms with Gasteiger partial charge in [-0.2, -0.15) is 4.57 Å². The predicted octanol–water partition coefficient (Wildman–Crippen LogP) is 2.27. The van der Waals surface area contributed by atoms with Crippen molar-refractivity contribution in [3.05, 3.63) is 76.4 Å². The molecule has 0 saturated carbocycles. The van der Waals surface area contributed by atoms with Gasteiger partial charge < -0.3 is 4.42 Å². The molecule has 0 saturated heterocycles. The fraction of sp³-hybridized carbons (Fsp3) is 0.118. The maximum absolute atomic E-state index is 12.3. The number of pyridine rings is 1. The number of hydrogen-bond acceptors (Lipinski definition) is 3. The molecule has 21 heavy (non-hydrogen) atoms. The lowest BCUT2D eigenvalue weighted by molar-refractivity contribution is -0.689. The summed E-state index contributed by atoms with van der Waals surface area (Å²) in [5.41, 5.74) is 0.941. The lowest BCUT2D eigenvalue weighted by Crippen LogP contribution is -2.41. The van der Waals surface area contributed by atoms with E-state index in [0.717, 1.165) is 11.1 Å². The Labute approximate surface area is 121 Å². The van der Waals surface area contributed by atoms with Gasteiger partial charge >= 0.3 is 5.63 Å². The van der Waals surface area contributed by atoms with Crippen LogP contribution >= 0.6 is 0 Å². The highest BCUT2D eigenvalue weighted by molar-refractivity contribution is 5.97. The predicted molar refractivity (Wildman–Crippen MR) is 78.2 cm³/mol. The second kappa shape index (κ2) is 5.32. The summed E-state index contributed by atoms with van der Waals surface area (Å²) in [6.07, 6.45) is 1.82. The van der Waals surface area contributed by atoms with Gasteiger partial charge in [0.25, 0.3) is 0 Å². The topological polar surface area (TPSA) is 51.2 Å². The van der Waals surface area contributed by atoms with Crippen molar-refractivity contribution < 1.29 is 13.8 Å². The summed E-state index contributed by atoms with van der Waals surface area (Å²) < 4.78 is 7.00. The number of carbonyl (C=O) groups is 1. The first-order valence-electron chi connectivity index (χ1n) is 6.66. The Hall–Kier alpha value is -2.75. The molecule has 1 aromatic carbocycles. The third kappa shape index (κ3) is 2.60. The van der Waals surface area contributed by atoms with Gasteiger partial charge in [-0.25, -0.2) is 4.79 Å². The van der Waals surface area contributed by atoms with Crippen molar-refractivity contribution in [2.24, 2.45) is 0 Å². The molecule has 0 N–H and O–H groups in total. The van der Waals surface area contributed by atoms with Crippen LogP contribution in [-0.4, -0.2) is 5.78 Å². The fourth-order valence-corrected chi connectivity index (χ4v) is 2.24. The Morgan fingerprint density at radius 3 is 2.71 bits per heavy atom. The first-order chi connectivity index (χ1) is 10.1. The molecule has 2 heterocycles. The number of fused-ring (bicyclic) bond motifs is 1. The van der Waals surface area contributed by atoms with Crippen molar-refractivity contribution in [2.45, 2.75) is 13.5 Å². The Balaban J connectivity index is 2.00. The number of carbonyl (C=O) groups excluding carboxylic acids is 1. The van der Waals surface area contributed by atoms with Gasteiger partial charge in [0.2, 0.25) is 12.3 Å². The average molecular weight is 280 g/mol. The van der Waals surface area contributed by atoms with Gasteiger partial charge in [-0.05, 0) is 12.1 Å². The second-order valence-corrected chi connectivity index (χ2v) is 4.88. The van der Waals surface area contributed by atoms with Crippen molar-refractivity contribution >= 4 is 16.8 Å². The average Bonchev–Trinajstić information content (AvgIpc) is 2.49. The number of Topliss-reactive ketones (excluding diaryl/α,β-unsaturated/α-hetero) is 1. The van der Waals surface area contributed by atoms with E-state index in [0.29, 0.717) is 5.58 Å². The summed E-state index contributed by atoms with van der Waals surface area (Å²) in [6, 6.07) is 14.4. The first-order valence-corrected chi connectivity index (χ1v) is 6.66. The van der Waals surface area contributed by atoms with Gasteiger partial charge in [0, 0.05) is 24.4 Å². The van der Waals surface area contributed by atoms with E-state index in [1.54, 1.807) is 22.8 Å². The van der Waals surface area contributed by atoms with Gasteiger partial charge in [-0.1, -0.05) is 24.3 Å². The SMILES string of the molecule is Cc1cccc[n+]1CC(=O)c1cc2ccccc2oc1=O. The molecule has 0 amide bonds. The Kier molecular flexibility index (Phi) is 3.36. The zero-order chi connectivity index (χ0) is 14.8. The minimum atomic E-state index is -0.590. The molecule has 3 rings (SSSR count). The third-order valence-corrected chi connectivity index (χ3v) is 3.42. The molecule has 0 spiro atoms. The number of nitrogens with zero attached hydrogens (tertiary/aromatic N) is 1. The molecule has 4 heteroatoms. The van der Waals surface area contributed by atoms with E-state index in [1.165, 1.54) is 0 Å². The van der Waals surface area contributed by atoms with Crippen LogP contribution in [0.4, 0.5) is 0 Å². The molecule has 0 aliphatic rings. The van der Waals surface area contributed by atoms with Crippen molar-refractivity contribution in [2.75, 3.05) is 0 Å². The number of para-hydroxylation sites is 1. The van der Waals surface area contributed by atoms with Crippen LogP contribution in [0.25, 0.3) is 11.0 Å². The molecule has 0 bridgehead atoms. The lowest BCUT2D eigenvalue weighted by Gasteiger charge is -2.01. The minimum Gasteiger partial charge on any atom is -0.422 e. The molecule has 3 aromatic rings. The summed E-state index contributed by atoms with van der Waals surface area (Å²) in [5, 5.41) is 0.746. The molecule has 0 unspecified atom stereocenters. The Morgan fingerprint density at radius 2 is 1.90 bits per heavy atom. The van der Waals surface area contributed by atoms with Gasteiger partial charge in [0.15, 0.2) is 11.9 Å². The van der Waals surface area contributed by atoms with Crippen LogP contribution in [0.1, 0.15) is 16.1 Å². The maximum atomic E-state index is 12.3. The van der Waals surface area contributed by atoms with Crippen molar-refractivity contribution in [3.8, 4) is 0 Å². The van der Waals surface area contributed by atoms with Crippen LogP contribution in [-0.2, 0) is 6.54 Å². The number of rotatable bonds is 3. The van der Waals surface area contributed by atoms with Gasteiger partial charge in [-0.15, -0.1) is 0 Å². The van der Waals surface area contributed by atoms with E-state index < -0.39 is 5.63 Å². The highest BCUT2D eigenvalue weighted by Gasteiger charge is 2.18. The van der Waals surface area contributed by atoms with E-state index >= 15 is 0 Å². The smallest absolute Gasteiger partial charge is 0.347 e. The molecule has 0 atom stereocenters. The molecule has 0 radical (unpaired) electrons. The molecule has 0 fully saturated rings. The zero-order valence-corrected chi connectivity index (χ0v) is 11.6. The van der Waals surface area contributed by atoms with E-state index in [9.17, 15) is 9.59 Å². The van der Waals surface area contributed by atoms with E-state index in [-0.39, 0.29) is 17.9 Å². The monoisotopic (exact) mass is 280 g/mol. The summed E-state index contributed by atoms with van der Waals surface area (Å²) in [6.45, 7) is 2.03. The molecule has 4 nitrogen and oxygen atoms in total. The highest BCUT2D eigenvalue weighted by atomic mass is 16.4. The minimum absolute atomic E-state index is 0.0875. The highest BCUT2D eigenvalue weighted by Crippen LogP contribution is 2.12. The van der Waals surface area contributed by atoms with Crippen molar-refractivity contribution in [1.82, 2.24) is 0 Å². The normalized spacial score (nSPS) is 10.7. The first kappa shape index (κ1) is 13.2. The maximum Gasteiger partial charge on any atom is 0.347 e. The van der Waals surface area contributed by atoms with Crippen molar-refractivity contribution in [3.63, 3.8) is 0 Å². The van der Waals surface area contributed by atoms with E-state index in [2.05, 4.69) is 0 Å². The van der Waals surface area contributed by atoms with Crippen LogP contribution in [0.2, 0.25) is 0 Å². The van der Waals surface area contributed by atoms with E-state index in [4.69, 9.17) is 4.42 Å². The Morgan fingerprint density at radius 1 is 1.14 bits per heavy atom. The molecule has 104 valence electrons. The quantitative estimate of drug-likeness (QED) is 0.420. The summed E-state index contributed by atoms with van der Waals surface area (Å²) >= 11 is 0. The molecular weight excluding hydrogens is 266 g/mol. The zero-order valence-electron chi connectivity index (χ0n) is 11.6. The number of benzene rings is 1. The van der Waals surface area contributed by atoms with Crippen LogP contribution < -0.4 is 10.2 Å². The van der Waals surface area contributed by atoms with Crippen LogP contribution in [0, 0.1) is 6.92 Å². The van der Waals surface area contributed by atoms with Gasteiger partial charge in [-0.3, -0.25) is 4.79 Å². The lowest BCUT2D eigenvalue weighted by atomic mass is 10.1. The fourth-order valence-electron chi connectivity index (χ4n) is 2.24. The van der Waals surface area contributed by atoms with Crippen LogP contribution in [0.3, 0.4) is 0 Å². The summed E-state index contributed by atoms with van der Waals surface area (Å²) in [5.74, 6) is -0.256. The van der Waals surface area contributed by atoms with Crippen LogP contribution in [0.15, 0.2) is 63.9 Å². The van der Waals surface area contributed by atoms with Gasteiger partial charge in [0.1, 0.15) is 11.1 Å².